The van der Waals surface area contributed by atoms with E-state index in [4.69, 9.17) is 0 Å². The van der Waals surface area contributed by atoms with E-state index in [1.807, 2.05) is 12.1 Å². The number of benzene rings is 2. The minimum atomic E-state index is -0.272. The van der Waals surface area contributed by atoms with Crippen molar-refractivity contribution in [3.8, 4) is 0 Å². The molecule has 0 spiro atoms. The highest BCUT2D eigenvalue weighted by molar-refractivity contribution is 5.64. The van der Waals surface area contributed by atoms with E-state index in [9.17, 15) is 10.1 Å². The fourth-order valence-electron chi connectivity index (χ4n) is 4.37. The quantitative estimate of drug-likeness (QED) is 0.479. The van der Waals surface area contributed by atoms with Crippen LogP contribution >= 0.6 is 0 Å². The molecule has 4 nitrogen and oxygen atoms in total. The normalized spacial score (nSPS) is 24.2. The Morgan fingerprint density at radius 1 is 1.21 bits per heavy atom. The zero-order valence-corrected chi connectivity index (χ0v) is 13.8. The number of fused-ring (bicyclic) bond motifs is 3. The van der Waals surface area contributed by atoms with Crippen LogP contribution in [0.4, 0.5) is 11.4 Å². The molecule has 4 rings (SSSR count). The summed E-state index contributed by atoms with van der Waals surface area (Å²) < 4.78 is 0. The Hall–Kier alpha value is -2.62. The van der Waals surface area contributed by atoms with Gasteiger partial charge in [0.2, 0.25) is 0 Å². The van der Waals surface area contributed by atoms with Gasteiger partial charge in [-0.1, -0.05) is 36.4 Å². The molecule has 2 aromatic rings. The first-order valence-corrected chi connectivity index (χ1v) is 8.34. The summed E-state index contributed by atoms with van der Waals surface area (Å²) in [7, 11) is 0. The zero-order chi connectivity index (χ0) is 16.8. The first-order valence-electron chi connectivity index (χ1n) is 8.34. The van der Waals surface area contributed by atoms with Crippen molar-refractivity contribution in [3.05, 3.63) is 80.9 Å². The maximum Gasteiger partial charge on any atom is 0.274 e. The van der Waals surface area contributed by atoms with E-state index in [2.05, 4.69) is 43.4 Å². The molecular weight excluding hydrogens is 300 g/mol. The summed E-state index contributed by atoms with van der Waals surface area (Å²) in [5.41, 5.74) is 5.94. The standard InChI is InChI=1S/C20H20N2O2/c1-12-10-13(2)19-14-7-5-8-15(14)20(21-17(19)11-12)16-6-3-4-9-18(16)22(23)24/h3-7,9-11,14-15,20-21H,8H2,1-2H3/t14-,15+,20+/m1/s1. The molecule has 0 saturated heterocycles. The Balaban J connectivity index is 1.86. The van der Waals surface area contributed by atoms with Crippen LogP contribution in [0, 0.1) is 29.9 Å². The van der Waals surface area contributed by atoms with Crippen LogP contribution in [-0.2, 0) is 0 Å². The van der Waals surface area contributed by atoms with Crippen molar-refractivity contribution in [2.75, 3.05) is 5.32 Å². The molecule has 1 aliphatic carbocycles. The first-order chi connectivity index (χ1) is 11.6. The maximum absolute atomic E-state index is 11.5. The summed E-state index contributed by atoms with van der Waals surface area (Å²) in [6.45, 7) is 4.24. The molecule has 0 saturated carbocycles. The maximum atomic E-state index is 11.5. The number of nitrogens with zero attached hydrogens (tertiary/aromatic N) is 1. The number of nitrogens with one attached hydrogen (secondary N) is 1. The van der Waals surface area contributed by atoms with Gasteiger partial charge in [0.15, 0.2) is 0 Å². The van der Waals surface area contributed by atoms with Crippen LogP contribution in [-0.4, -0.2) is 4.92 Å². The lowest BCUT2D eigenvalue weighted by Gasteiger charge is -2.38. The number of allylic oxidation sites excluding steroid dienone is 2. The number of nitro benzene ring substituents is 1. The minimum absolute atomic E-state index is 0.0414. The van der Waals surface area contributed by atoms with Gasteiger partial charge < -0.3 is 5.32 Å². The average molecular weight is 320 g/mol. The Morgan fingerprint density at radius 3 is 2.79 bits per heavy atom. The van der Waals surface area contributed by atoms with Crippen molar-refractivity contribution in [2.24, 2.45) is 5.92 Å². The van der Waals surface area contributed by atoms with Crippen LogP contribution in [0.1, 0.15) is 40.6 Å². The molecule has 0 radical (unpaired) electrons. The topological polar surface area (TPSA) is 55.2 Å². The molecule has 0 amide bonds. The Morgan fingerprint density at radius 2 is 2.00 bits per heavy atom. The predicted molar refractivity (Wildman–Crippen MR) is 95.4 cm³/mol. The molecule has 1 N–H and O–H groups in total. The van der Waals surface area contributed by atoms with Crippen LogP contribution in [0.15, 0.2) is 48.6 Å². The molecule has 0 fully saturated rings. The number of nitro groups is 1. The van der Waals surface area contributed by atoms with Gasteiger partial charge in [-0.3, -0.25) is 10.1 Å². The van der Waals surface area contributed by atoms with E-state index in [-0.39, 0.29) is 16.7 Å². The highest BCUT2D eigenvalue weighted by Gasteiger charge is 2.40. The second kappa shape index (κ2) is 5.48. The molecular formula is C20H20N2O2. The van der Waals surface area contributed by atoms with Crippen molar-refractivity contribution >= 4 is 11.4 Å². The third-order valence-corrected chi connectivity index (χ3v) is 5.29. The highest BCUT2D eigenvalue weighted by Crippen LogP contribution is 2.52. The van der Waals surface area contributed by atoms with Crippen LogP contribution < -0.4 is 5.32 Å². The van der Waals surface area contributed by atoms with Gasteiger partial charge in [-0.25, -0.2) is 0 Å². The van der Waals surface area contributed by atoms with E-state index < -0.39 is 0 Å². The van der Waals surface area contributed by atoms with Gasteiger partial charge in [-0.2, -0.15) is 0 Å². The predicted octanol–water partition coefficient (Wildman–Crippen LogP) is 5.04. The molecule has 3 atom stereocenters. The SMILES string of the molecule is Cc1cc(C)c2c(c1)N[C@H](c1ccccc1[N+](=O)[O-])[C@H]1CC=C[C@@H]21. The summed E-state index contributed by atoms with van der Waals surface area (Å²) >= 11 is 0. The molecule has 4 heteroatoms. The van der Waals surface area contributed by atoms with Gasteiger partial charge in [-0.05, 0) is 48.9 Å². The number of para-hydroxylation sites is 1. The third-order valence-electron chi connectivity index (χ3n) is 5.29. The van der Waals surface area contributed by atoms with Gasteiger partial charge in [0.05, 0.1) is 16.5 Å². The second-order valence-corrected chi connectivity index (χ2v) is 6.83. The van der Waals surface area contributed by atoms with E-state index in [1.54, 1.807) is 12.1 Å². The summed E-state index contributed by atoms with van der Waals surface area (Å²) in [6, 6.07) is 11.4. The summed E-state index contributed by atoms with van der Waals surface area (Å²) in [4.78, 5) is 11.2. The number of aryl methyl sites for hydroxylation is 2. The van der Waals surface area contributed by atoms with Crippen LogP contribution in [0.3, 0.4) is 0 Å². The Labute approximate surface area is 141 Å². The molecule has 122 valence electrons. The van der Waals surface area contributed by atoms with Crippen LogP contribution in [0.25, 0.3) is 0 Å². The van der Waals surface area contributed by atoms with Crippen molar-refractivity contribution in [3.63, 3.8) is 0 Å². The molecule has 0 unspecified atom stereocenters. The number of hydrogen-bond donors (Lipinski definition) is 1. The molecule has 24 heavy (non-hydrogen) atoms. The summed E-state index contributed by atoms with van der Waals surface area (Å²) in [6.07, 6.45) is 5.43. The van der Waals surface area contributed by atoms with Crippen molar-refractivity contribution in [1.29, 1.82) is 0 Å². The van der Waals surface area contributed by atoms with Gasteiger partial charge >= 0.3 is 0 Å². The van der Waals surface area contributed by atoms with E-state index in [0.717, 1.165) is 17.7 Å². The fourth-order valence-corrected chi connectivity index (χ4v) is 4.37. The largest absolute Gasteiger partial charge is 0.377 e. The van der Waals surface area contributed by atoms with Crippen molar-refractivity contribution in [1.82, 2.24) is 0 Å². The molecule has 0 aromatic heterocycles. The smallest absolute Gasteiger partial charge is 0.274 e. The number of anilines is 1. The lowest BCUT2D eigenvalue weighted by atomic mass is 9.75. The molecule has 2 aliphatic rings. The third kappa shape index (κ3) is 2.21. The molecule has 1 heterocycles. The average Bonchev–Trinajstić information content (AvgIpc) is 3.02. The van der Waals surface area contributed by atoms with Crippen molar-refractivity contribution < 1.29 is 4.92 Å². The van der Waals surface area contributed by atoms with Gasteiger partial charge in [0.1, 0.15) is 0 Å². The van der Waals surface area contributed by atoms with Crippen LogP contribution in [0.5, 0.6) is 0 Å². The first kappa shape index (κ1) is 14.9. The molecule has 2 aromatic carbocycles. The minimum Gasteiger partial charge on any atom is -0.377 e. The van der Waals surface area contributed by atoms with Gasteiger partial charge in [0.25, 0.3) is 5.69 Å². The van der Waals surface area contributed by atoms with Crippen molar-refractivity contribution in [2.45, 2.75) is 32.2 Å². The number of hydrogen-bond acceptors (Lipinski definition) is 3. The Bertz CT molecular complexity index is 857. The lowest BCUT2D eigenvalue weighted by Crippen LogP contribution is -2.30. The second-order valence-electron chi connectivity index (χ2n) is 6.83. The zero-order valence-electron chi connectivity index (χ0n) is 13.8. The Kier molecular flexibility index (Phi) is 3.41. The monoisotopic (exact) mass is 320 g/mol. The highest BCUT2D eigenvalue weighted by atomic mass is 16.6. The molecule has 1 aliphatic heterocycles. The lowest BCUT2D eigenvalue weighted by molar-refractivity contribution is -0.385. The van der Waals surface area contributed by atoms with E-state index in [0.29, 0.717) is 11.8 Å². The number of rotatable bonds is 2. The summed E-state index contributed by atoms with van der Waals surface area (Å²) in [5.74, 6) is 0.645. The molecule has 0 bridgehead atoms. The fraction of sp³-hybridized carbons (Fsp3) is 0.300. The van der Waals surface area contributed by atoms with E-state index >= 15 is 0 Å². The summed E-state index contributed by atoms with van der Waals surface area (Å²) in [5, 5.41) is 15.1. The van der Waals surface area contributed by atoms with Gasteiger partial charge in [0, 0.05) is 17.7 Å². The van der Waals surface area contributed by atoms with E-state index in [1.165, 1.54) is 16.7 Å². The van der Waals surface area contributed by atoms with Gasteiger partial charge in [-0.15, -0.1) is 0 Å². The van der Waals surface area contributed by atoms with Crippen LogP contribution in [0.2, 0.25) is 0 Å².